The van der Waals surface area contributed by atoms with Gasteiger partial charge in [-0.3, -0.25) is 5.32 Å². The molecule has 0 heterocycles. The van der Waals surface area contributed by atoms with Crippen LogP contribution in [-0.2, 0) is 5.41 Å². The molecule has 132 valence electrons. The quantitative estimate of drug-likeness (QED) is 0.622. The van der Waals surface area contributed by atoms with E-state index in [9.17, 15) is 0 Å². The summed E-state index contributed by atoms with van der Waals surface area (Å²) in [4.78, 5) is 0. The maximum atomic E-state index is 6.43. The third-order valence-electron chi connectivity index (χ3n) is 5.48. The lowest BCUT2D eigenvalue weighted by Crippen LogP contribution is -2.36. The van der Waals surface area contributed by atoms with Crippen molar-refractivity contribution in [2.45, 2.75) is 31.6 Å². The summed E-state index contributed by atoms with van der Waals surface area (Å²) in [6, 6.07) is 25.1. The van der Waals surface area contributed by atoms with Crippen molar-refractivity contribution in [3.63, 3.8) is 0 Å². The van der Waals surface area contributed by atoms with Crippen molar-refractivity contribution < 1.29 is 0 Å². The van der Waals surface area contributed by atoms with E-state index < -0.39 is 0 Å². The van der Waals surface area contributed by atoms with Crippen LogP contribution in [0.3, 0.4) is 0 Å². The zero-order valence-electron chi connectivity index (χ0n) is 15.2. The van der Waals surface area contributed by atoms with Crippen LogP contribution in [0, 0.1) is 0 Å². The highest BCUT2D eigenvalue weighted by Crippen LogP contribution is 2.48. The van der Waals surface area contributed by atoms with Gasteiger partial charge in [-0.1, -0.05) is 86.6 Å². The standard InChI is InChI=1S/C23H25N3/c1-23(2)19-11-7-6-10-17(19)18-13-12-16(14-20(18)23)22(25)26-21(24)15-8-4-3-5-9-15/h3-14,21-22,26H,24-25H2,1-2H3. The molecule has 26 heavy (non-hydrogen) atoms. The Bertz CT molecular complexity index is 931. The second-order valence-electron chi connectivity index (χ2n) is 7.51. The molecule has 0 aliphatic heterocycles. The van der Waals surface area contributed by atoms with Crippen LogP contribution in [0.15, 0.2) is 72.8 Å². The van der Waals surface area contributed by atoms with Crippen LogP contribution in [-0.4, -0.2) is 0 Å². The molecule has 0 saturated heterocycles. The molecule has 3 nitrogen and oxygen atoms in total. The van der Waals surface area contributed by atoms with E-state index in [0.717, 1.165) is 11.1 Å². The first-order valence-corrected chi connectivity index (χ1v) is 9.05. The lowest BCUT2D eigenvalue weighted by molar-refractivity contribution is 0.463. The maximum Gasteiger partial charge on any atom is 0.0824 e. The summed E-state index contributed by atoms with van der Waals surface area (Å²) in [6.07, 6.45) is -0.625. The van der Waals surface area contributed by atoms with Crippen LogP contribution >= 0.6 is 0 Å². The first-order chi connectivity index (χ1) is 12.5. The molecule has 0 aromatic heterocycles. The normalized spacial score (nSPS) is 16.6. The Morgan fingerprint density at radius 3 is 2.08 bits per heavy atom. The second kappa shape index (κ2) is 6.36. The third-order valence-corrected chi connectivity index (χ3v) is 5.48. The SMILES string of the molecule is CC1(C)c2ccccc2-c2ccc(C(N)NC(N)c3ccccc3)cc21. The highest BCUT2D eigenvalue weighted by atomic mass is 15.1. The highest BCUT2D eigenvalue weighted by molar-refractivity contribution is 5.80. The molecule has 2 unspecified atom stereocenters. The Labute approximate surface area is 155 Å². The Hall–Kier alpha value is -2.46. The van der Waals surface area contributed by atoms with Crippen LogP contribution < -0.4 is 16.8 Å². The summed E-state index contributed by atoms with van der Waals surface area (Å²) < 4.78 is 0. The Balaban J connectivity index is 1.63. The minimum atomic E-state index is -0.324. The van der Waals surface area contributed by atoms with E-state index in [1.54, 1.807) is 0 Å². The smallest absolute Gasteiger partial charge is 0.0824 e. The topological polar surface area (TPSA) is 64.1 Å². The van der Waals surface area contributed by atoms with E-state index in [0.29, 0.717) is 0 Å². The van der Waals surface area contributed by atoms with Gasteiger partial charge in [0.05, 0.1) is 12.3 Å². The molecule has 0 amide bonds. The van der Waals surface area contributed by atoms with E-state index in [1.807, 2.05) is 30.3 Å². The average Bonchev–Trinajstić information content (AvgIpc) is 2.90. The van der Waals surface area contributed by atoms with Gasteiger partial charge in [-0.15, -0.1) is 0 Å². The Kier molecular flexibility index (Phi) is 4.16. The van der Waals surface area contributed by atoms with Crippen LogP contribution in [0.5, 0.6) is 0 Å². The van der Waals surface area contributed by atoms with E-state index in [4.69, 9.17) is 11.5 Å². The summed E-state index contributed by atoms with van der Waals surface area (Å²) >= 11 is 0. The van der Waals surface area contributed by atoms with Crippen molar-refractivity contribution in [1.82, 2.24) is 5.32 Å². The van der Waals surface area contributed by atoms with Crippen molar-refractivity contribution in [2.24, 2.45) is 11.5 Å². The van der Waals surface area contributed by atoms with Gasteiger partial charge in [0.1, 0.15) is 0 Å². The van der Waals surface area contributed by atoms with E-state index >= 15 is 0 Å². The molecule has 3 heteroatoms. The summed E-state index contributed by atoms with van der Waals surface area (Å²) in [5, 5.41) is 3.31. The molecule has 4 rings (SSSR count). The van der Waals surface area contributed by atoms with Crippen LogP contribution in [0.2, 0.25) is 0 Å². The predicted molar refractivity (Wildman–Crippen MR) is 107 cm³/mol. The fraction of sp³-hybridized carbons (Fsp3) is 0.217. The summed E-state index contributed by atoms with van der Waals surface area (Å²) in [7, 11) is 0. The largest absolute Gasteiger partial charge is 0.312 e. The van der Waals surface area contributed by atoms with Gasteiger partial charge in [0.15, 0.2) is 0 Å². The van der Waals surface area contributed by atoms with E-state index in [2.05, 4.69) is 61.6 Å². The first kappa shape index (κ1) is 17.0. The number of nitrogens with one attached hydrogen (secondary N) is 1. The molecule has 2 atom stereocenters. The minimum absolute atomic E-state index is 0.0246. The number of hydrogen-bond acceptors (Lipinski definition) is 3. The molecule has 5 N–H and O–H groups in total. The molecule has 3 aromatic rings. The number of benzene rings is 3. The molecule has 1 aliphatic rings. The van der Waals surface area contributed by atoms with Gasteiger partial charge in [0.2, 0.25) is 0 Å². The fourth-order valence-corrected chi connectivity index (χ4v) is 3.96. The van der Waals surface area contributed by atoms with Gasteiger partial charge < -0.3 is 11.5 Å². The van der Waals surface area contributed by atoms with Gasteiger partial charge in [0.25, 0.3) is 0 Å². The van der Waals surface area contributed by atoms with E-state index in [1.165, 1.54) is 22.3 Å². The van der Waals surface area contributed by atoms with E-state index in [-0.39, 0.29) is 17.7 Å². The summed E-state index contributed by atoms with van der Waals surface area (Å²) in [5.74, 6) is 0. The van der Waals surface area contributed by atoms with Gasteiger partial charge >= 0.3 is 0 Å². The number of hydrogen-bond donors (Lipinski definition) is 3. The van der Waals surface area contributed by atoms with Gasteiger partial charge in [-0.2, -0.15) is 0 Å². The zero-order valence-corrected chi connectivity index (χ0v) is 15.2. The molecule has 0 spiro atoms. The van der Waals surface area contributed by atoms with Crippen LogP contribution in [0.1, 0.15) is 48.4 Å². The summed E-state index contributed by atoms with van der Waals surface area (Å²) in [5.41, 5.74) is 20.1. The molecule has 0 bridgehead atoms. The maximum absolute atomic E-state index is 6.43. The third kappa shape index (κ3) is 2.74. The van der Waals surface area contributed by atoms with Crippen LogP contribution in [0.25, 0.3) is 11.1 Å². The summed E-state index contributed by atoms with van der Waals surface area (Å²) in [6.45, 7) is 4.55. The molecule has 1 aliphatic carbocycles. The molecule has 0 radical (unpaired) electrons. The van der Waals surface area contributed by atoms with Crippen molar-refractivity contribution in [3.8, 4) is 11.1 Å². The molecular formula is C23H25N3. The average molecular weight is 343 g/mol. The second-order valence-corrected chi connectivity index (χ2v) is 7.51. The number of nitrogens with two attached hydrogens (primary N) is 2. The zero-order chi connectivity index (χ0) is 18.3. The number of fused-ring (bicyclic) bond motifs is 3. The van der Waals surface area contributed by atoms with Gasteiger partial charge in [-0.25, -0.2) is 0 Å². The van der Waals surface area contributed by atoms with Crippen LogP contribution in [0.4, 0.5) is 0 Å². The molecular weight excluding hydrogens is 318 g/mol. The lowest BCUT2D eigenvalue weighted by atomic mass is 9.82. The molecule has 0 saturated carbocycles. The Morgan fingerprint density at radius 1 is 0.692 bits per heavy atom. The fourth-order valence-electron chi connectivity index (χ4n) is 3.96. The van der Waals surface area contributed by atoms with Crippen molar-refractivity contribution in [1.29, 1.82) is 0 Å². The number of rotatable bonds is 4. The predicted octanol–water partition coefficient (Wildman–Crippen LogP) is 4.20. The van der Waals surface area contributed by atoms with Crippen molar-refractivity contribution in [2.75, 3.05) is 0 Å². The van der Waals surface area contributed by atoms with Crippen molar-refractivity contribution in [3.05, 3.63) is 95.1 Å². The monoisotopic (exact) mass is 343 g/mol. The van der Waals surface area contributed by atoms with Crippen molar-refractivity contribution >= 4 is 0 Å². The minimum Gasteiger partial charge on any atom is -0.312 e. The lowest BCUT2D eigenvalue weighted by Gasteiger charge is -2.24. The molecule has 3 aromatic carbocycles. The highest BCUT2D eigenvalue weighted by Gasteiger charge is 2.35. The van der Waals surface area contributed by atoms with Gasteiger partial charge in [-0.05, 0) is 33.4 Å². The Morgan fingerprint density at radius 2 is 1.31 bits per heavy atom. The first-order valence-electron chi connectivity index (χ1n) is 9.05. The molecule has 0 fully saturated rings. The van der Waals surface area contributed by atoms with Gasteiger partial charge in [0, 0.05) is 5.41 Å².